The Labute approximate surface area is 198 Å². The summed E-state index contributed by atoms with van der Waals surface area (Å²) in [5, 5.41) is 10.8. The fourth-order valence-electron chi connectivity index (χ4n) is 3.99. The topological polar surface area (TPSA) is 115 Å². The molecule has 0 unspecified atom stereocenters. The molecule has 3 aromatic rings. The molecule has 0 bridgehead atoms. The van der Waals surface area contributed by atoms with Crippen LogP contribution in [0, 0.1) is 0 Å². The number of hydrogen-bond donors (Lipinski definition) is 1. The molecule has 1 aromatic carbocycles. The molecule has 0 radical (unpaired) electrons. The summed E-state index contributed by atoms with van der Waals surface area (Å²) in [6.45, 7) is 8.31. The second-order valence-corrected chi connectivity index (χ2v) is 9.40. The Bertz CT molecular complexity index is 1130. The number of rotatable bonds is 6. The Morgan fingerprint density at radius 3 is 2.82 bits per heavy atom. The fourth-order valence-corrected chi connectivity index (χ4v) is 3.99. The van der Waals surface area contributed by atoms with Gasteiger partial charge in [-0.2, -0.15) is 0 Å². The van der Waals surface area contributed by atoms with Gasteiger partial charge in [0, 0.05) is 24.3 Å². The number of carbonyl (C=O) groups is 2. The lowest BCUT2D eigenvalue weighted by Crippen LogP contribution is -2.43. The van der Waals surface area contributed by atoms with E-state index in [4.69, 9.17) is 9.15 Å². The van der Waals surface area contributed by atoms with Gasteiger partial charge in [0.05, 0.1) is 25.0 Å². The van der Waals surface area contributed by atoms with E-state index in [1.807, 2.05) is 45.0 Å². The highest BCUT2D eigenvalue weighted by molar-refractivity contribution is 5.90. The Kier molecular flexibility index (Phi) is 6.67. The van der Waals surface area contributed by atoms with Crippen LogP contribution >= 0.6 is 0 Å². The van der Waals surface area contributed by atoms with Crippen LogP contribution in [-0.4, -0.2) is 61.1 Å². The van der Waals surface area contributed by atoms with Crippen molar-refractivity contribution in [1.29, 1.82) is 0 Å². The van der Waals surface area contributed by atoms with Crippen molar-refractivity contribution in [2.45, 2.75) is 64.8 Å². The van der Waals surface area contributed by atoms with Crippen molar-refractivity contribution in [1.82, 2.24) is 30.2 Å². The molecule has 1 saturated heterocycles. The smallest absolute Gasteiger partial charge is 0.410 e. The number of oxazole rings is 1. The molecule has 34 heavy (non-hydrogen) atoms. The second-order valence-electron chi connectivity index (χ2n) is 9.40. The van der Waals surface area contributed by atoms with E-state index in [9.17, 15) is 9.59 Å². The number of amides is 2. The molecule has 0 aliphatic carbocycles. The van der Waals surface area contributed by atoms with E-state index >= 15 is 0 Å². The van der Waals surface area contributed by atoms with E-state index in [-0.39, 0.29) is 18.0 Å². The first-order valence-electron chi connectivity index (χ1n) is 11.4. The molecule has 1 fully saturated rings. The van der Waals surface area contributed by atoms with Gasteiger partial charge in [-0.15, -0.1) is 5.10 Å². The highest BCUT2D eigenvalue weighted by Crippen LogP contribution is 2.24. The molecule has 10 heteroatoms. The molecule has 4 rings (SSSR count). The van der Waals surface area contributed by atoms with Crippen molar-refractivity contribution >= 4 is 12.0 Å². The molecule has 1 aliphatic rings. The molecule has 0 spiro atoms. The molecule has 180 valence electrons. The molecule has 3 heterocycles. The highest BCUT2D eigenvalue weighted by Gasteiger charge is 2.39. The van der Waals surface area contributed by atoms with E-state index in [0.717, 1.165) is 12.0 Å². The maximum Gasteiger partial charge on any atom is 0.410 e. The van der Waals surface area contributed by atoms with Crippen LogP contribution in [0.25, 0.3) is 11.3 Å². The van der Waals surface area contributed by atoms with Gasteiger partial charge < -0.3 is 19.4 Å². The van der Waals surface area contributed by atoms with Crippen molar-refractivity contribution in [2.75, 3.05) is 6.54 Å². The normalized spacial score (nSPS) is 18.2. The Hall–Kier alpha value is -3.69. The zero-order chi connectivity index (χ0) is 24.3. The van der Waals surface area contributed by atoms with Gasteiger partial charge in [0.2, 0.25) is 0 Å². The number of hydrogen-bond acceptors (Lipinski definition) is 7. The molecule has 2 aromatic heterocycles. The number of benzene rings is 1. The summed E-state index contributed by atoms with van der Waals surface area (Å²) in [6.07, 6.45) is 5.89. The first-order valence-corrected chi connectivity index (χ1v) is 11.4. The van der Waals surface area contributed by atoms with Gasteiger partial charge in [-0.05, 0) is 45.2 Å². The maximum absolute atomic E-state index is 12.9. The Morgan fingerprint density at radius 1 is 1.29 bits per heavy atom. The second kappa shape index (κ2) is 9.66. The summed E-state index contributed by atoms with van der Waals surface area (Å²) in [5.74, 6) is 0.0974. The third-order valence-electron chi connectivity index (χ3n) is 5.57. The van der Waals surface area contributed by atoms with E-state index in [2.05, 4.69) is 27.5 Å². The minimum atomic E-state index is -0.625. The molecule has 0 saturated carbocycles. The predicted molar refractivity (Wildman–Crippen MR) is 124 cm³/mol. The molecule has 10 nitrogen and oxygen atoms in total. The van der Waals surface area contributed by atoms with Gasteiger partial charge in [-0.1, -0.05) is 30.3 Å². The molecule has 1 N–H and O–H groups in total. The van der Waals surface area contributed by atoms with Crippen molar-refractivity contribution in [3.05, 3.63) is 54.3 Å². The van der Waals surface area contributed by atoms with Gasteiger partial charge in [0.25, 0.3) is 5.89 Å². The number of nitrogens with one attached hydrogen (secondary N) is 1. The van der Waals surface area contributed by atoms with E-state index in [1.54, 1.807) is 28.2 Å². The minimum Gasteiger partial charge on any atom is -0.444 e. The number of nitrogens with zero attached hydrogens (tertiary/aromatic N) is 5. The van der Waals surface area contributed by atoms with Crippen molar-refractivity contribution < 1.29 is 18.7 Å². The van der Waals surface area contributed by atoms with Crippen LogP contribution in [0.3, 0.4) is 0 Å². The lowest BCUT2D eigenvalue weighted by molar-refractivity contribution is 0.0207. The molecule has 2 atom stereocenters. The van der Waals surface area contributed by atoms with Gasteiger partial charge >= 0.3 is 12.0 Å². The van der Waals surface area contributed by atoms with Crippen molar-refractivity contribution in [3.8, 4) is 11.3 Å². The fraction of sp³-hybridized carbons (Fsp3) is 0.458. The van der Waals surface area contributed by atoms with Gasteiger partial charge in [0.15, 0.2) is 5.76 Å². The van der Waals surface area contributed by atoms with E-state index in [1.165, 1.54) is 5.56 Å². The zero-order valence-electron chi connectivity index (χ0n) is 19.9. The molecule has 2 amide bonds. The van der Waals surface area contributed by atoms with Gasteiger partial charge in [-0.25, -0.2) is 9.78 Å². The zero-order valence-corrected chi connectivity index (χ0v) is 19.9. The summed E-state index contributed by atoms with van der Waals surface area (Å²) < 4.78 is 13.0. The van der Waals surface area contributed by atoms with Crippen LogP contribution < -0.4 is 5.32 Å². The summed E-state index contributed by atoms with van der Waals surface area (Å²) in [6, 6.07) is 7.44. The number of likely N-dealkylation sites (tertiary alicyclic amines) is 1. The van der Waals surface area contributed by atoms with E-state index < -0.39 is 17.6 Å². The Balaban J connectivity index is 1.45. The first kappa shape index (κ1) is 23.5. The highest BCUT2D eigenvalue weighted by atomic mass is 16.6. The summed E-state index contributed by atoms with van der Waals surface area (Å²) in [7, 11) is 0. The van der Waals surface area contributed by atoms with Crippen LogP contribution in [0.15, 0.2) is 47.3 Å². The van der Waals surface area contributed by atoms with Crippen LogP contribution in [0.4, 0.5) is 4.79 Å². The van der Waals surface area contributed by atoms with Gasteiger partial charge in [-0.3, -0.25) is 9.48 Å². The summed E-state index contributed by atoms with van der Waals surface area (Å²) in [5.41, 5.74) is 1.42. The first-order chi connectivity index (χ1) is 16.2. The molecular formula is C24H30N6O4. The van der Waals surface area contributed by atoms with Crippen LogP contribution in [0.2, 0.25) is 0 Å². The summed E-state index contributed by atoms with van der Waals surface area (Å²) >= 11 is 0. The number of aryl methyl sites for hydroxylation is 1. The van der Waals surface area contributed by atoms with Crippen LogP contribution in [0.5, 0.6) is 0 Å². The number of aromatic nitrogens is 4. The van der Waals surface area contributed by atoms with Crippen molar-refractivity contribution in [2.24, 2.45) is 0 Å². The standard InChI is InChI=1S/C24H30N6O4/c1-5-16-7-6-8-17(11-16)20-13-25-22(33-20)21(31)27-18-12-19(15-29-10-9-26-28-29)30(14-18)23(32)34-24(2,3)4/h6-11,13,18-19H,5,12,14-15H2,1-4H3,(H,27,31)/t18-,19+/m1/s1. The lowest BCUT2D eigenvalue weighted by Gasteiger charge is -2.28. The molecular weight excluding hydrogens is 436 g/mol. The van der Waals surface area contributed by atoms with Crippen LogP contribution in [0.1, 0.15) is 50.4 Å². The SMILES string of the molecule is CCc1cccc(-c2cnc(C(=O)N[C@@H]3C[C@@H](Cn4ccnn4)N(C(=O)OC(C)(C)C)C3)o2)c1. The largest absolute Gasteiger partial charge is 0.444 e. The number of ether oxygens (including phenoxy) is 1. The summed E-state index contributed by atoms with van der Waals surface area (Å²) in [4.78, 5) is 31.5. The minimum absolute atomic E-state index is 0.0135. The van der Waals surface area contributed by atoms with Crippen molar-refractivity contribution in [3.63, 3.8) is 0 Å². The third kappa shape index (κ3) is 5.62. The van der Waals surface area contributed by atoms with E-state index in [0.29, 0.717) is 25.3 Å². The lowest BCUT2D eigenvalue weighted by atomic mass is 10.1. The van der Waals surface area contributed by atoms with Crippen LogP contribution in [-0.2, 0) is 17.7 Å². The van der Waals surface area contributed by atoms with Gasteiger partial charge in [0.1, 0.15) is 5.60 Å². The number of carbonyl (C=O) groups excluding carboxylic acids is 2. The molecule has 1 aliphatic heterocycles. The predicted octanol–water partition coefficient (Wildman–Crippen LogP) is 3.30. The quantitative estimate of drug-likeness (QED) is 0.593. The monoisotopic (exact) mass is 466 g/mol. The average molecular weight is 467 g/mol. The Morgan fingerprint density at radius 2 is 2.12 bits per heavy atom. The third-order valence-corrected chi connectivity index (χ3v) is 5.57. The average Bonchev–Trinajstić information content (AvgIpc) is 3.54. The maximum atomic E-state index is 12.9.